The maximum atomic E-state index is 13.8. The highest BCUT2D eigenvalue weighted by Crippen LogP contribution is 2.30. The van der Waals surface area contributed by atoms with E-state index in [1.165, 1.54) is 24.3 Å². The largest absolute Gasteiger partial charge is 0.478 e. The van der Waals surface area contributed by atoms with Crippen LogP contribution in [0.3, 0.4) is 0 Å². The summed E-state index contributed by atoms with van der Waals surface area (Å²) in [6.07, 6.45) is 0. The first-order valence-electron chi connectivity index (χ1n) is 5.73. The molecule has 0 aliphatic rings. The number of hydrogen-bond donors (Lipinski definition) is 2. The second kappa shape index (κ2) is 4.61. The van der Waals surface area contributed by atoms with Crippen molar-refractivity contribution in [3.05, 3.63) is 52.8 Å². The number of aromatic amines is 1. The van der Waals surface area contributed by atoms with Crippen molar-refractivity contribution in [2.45, 2.75) is 0 Å². The van der Waals surface area contributed by atoms with E-state index in [-0.39, 0.29) is 22.0 Å². The summed E-state index contributed by atoms with van der Waals surface area (Å²) in [5.41, 5.74) is 1.36. The molecule has 2 aromatic carbocycles. The average molecular weight is 291 g/mol. The third-order valence-electron chi connectivity index (χ3n) is 2.93. The molecule has 20 heavy (non-hydrogen) atoms. The van der Waals surface area contributed by atoms with Crippen LogP contribution in [0.2, 0.25) is 5.02 Å². The SMILES string of the molecule is O=C(O)c1ccc2nc(-c3c(F)cccc3Cl)[nH]c2c1. The number of nitrogens with zero attached hydrogens (tertiary/aromatic N) is 1. The average Bonchev–Trinajstić information content (AvgIpc) is 2.80. The summed E-state index contributed by atoms with van der Waals surface area (Å²) in [6, 6.07) is 8.81. The Balaban J connectivity index is 2.21. The molecule has 0 bridgehead atoms. The van der Waals surface area contributed by atoms with Gasteiger partial charge in [-0.15, -0.1) is 0 Å². The lowest BCUT2D eigenvalue weighted by atomic mass is 10.2. The number of fused-ring (bicyclic) bond motifs is 1. The van der Waals surface area contributed by atoms with E-state index >= 15 is 0 Å². The Labute approximate surface area is 117 Å². The van der Waals surface area contributed by atoms with Gasteiger partial charge in [-0.3, -0.25) is 0 Å². The molecule has 0 atom stereocenters. The van der Waals surface area contributed by atoms with Crippen molar-refractivity contribution in [1.29, 1.82) is 0 Å². The molecule has 2 N–H and O–H groups in total. The van der Waals surface area contributed by atoms with Crippen molar-refractivity contribution in [1.82, 2.24) is 9.97 Å². The fraction of sp³-hybridized carbons (Fsp3) is 0. The van der Waals surface area contributed by atoms with Gasteiger partial charge in [0.15, 0.2) is 0 Å². The van der Waals surface area contributed by atoms with Crippen LogP contribution in [-0.2, 0) is 0 Å². The molecule has 0 radical (unpaired) electrons. The monoisotopic (exact) mass is 290 g/mol. The molecule has 3 aromatic rings. The zero-order valence-electron chi connectivity index (χ0n) is 10.0. The van der Waals surface area contributed by atoms with Gasteiger partial charge in [0.05, 0.1) is 27.2 Å². The summed E-state index contributed by atoms with van der Waals surface area (Å²) in [4.78, 5) is 18.0. The quantitative estimate of drug-likeness (QED) is 0.756. The van der Waals surface area contributed by atoms with Crippen LogP contribution in [0.15, 0.2) is 36.4 Å². The second-order valence-electron chi connectivity index (χ2n) is 4.22. The van der Waals surface area contributed by atoms with Crippen molar-refractivity contribution in [2.75, 3.05) is 0 Å². The third kappa shape index (κ3) is 2.02. The Kier molecular flexibility index (Phi) is 2.91. The predicted octanol–water partition coefficient (Wildman–Crippen LogP) is 3.72. The van der Waals surface area contributed by atoms with E-state index in [9.17, 15) is 9.18 Å². The highest BCUT2D eigenvalue weighted by atomic mass is 35.5. The smallest absolute Gasteiger partial charge is 0.335 e. The minimum atomic E-state index is -1.04. The number of hydrogen-bond acceptors (Lipinski definition) is 2. The Bertz CT molecular complexity index is 809. The molecule has 6 heteroatoms. The Hall–Kier alpha value is -2.40. The molecular formula is C14H8ClFN2O2. The van der Waals surface area contributed by atoms with Gasteiger partial charge in [0.1, 0.15) is 11.6 Å². The minimum absolute atomic E-state index is 0.132. The van der Waals surface area contributed by atoms with Crippen molar-refractivity contribution in [3.8, 4) is 11.4 Å². The zero-order chi connectivity index (χ0) is 14.3. The second-order valence-corrected chi connectivity index (χ2v) is 4.63. The fourth-order valence-electron chi connectivity index (χ4n) is 1.99. The summed E-state index contributed by atoms with van der Waals surface area (Å²) in [5, 5.41) is 9.18. The molecule has 0 unspecified atom stereocenters. The van der Waals surface area contributed by atoms with Gasteiger partial charge >= 0.3 is 5.97 Å². The third-order valence-corrected chi connectivity index (χ3v) is 3.24. The molecule has 0 saturated carbocycles. The molecule has 0 fully saturated rings. The van der Waals surface area contributed by atoms with E-state index in [0.717, 1.165) is 0 Å². The van der Waals surface area contributed by atoms with Crippen LogP contribution >= 0.6 is 11.6 Å². The number of aromatic nitrogens is 2. The molecule has 100 valence electrons. The first-order chi connectivity index (χ1) is 9.56. The lowest BCUT2D eigenvalue weighted by Crippen LogP contribution is -1.94. The van der Waals surface area contributed by atoms with Gasteiger partial charge in [0.2, 0.25) is 0 Å². The summed E-state index contributed by atoms with van der Waals surface area (Å²) < 4.78 is 13.8. The number of carboxylic acid groups (broad SMARTS) is 1. The number of H-pyrrole nitrogens is 1. The van der Waals surface area contributed by atoms with Crippen molar-refractivity contribution in [2.24, 2.45) is 0 Å². The number of aromatic carboxylic acids is 1. The Morgan fingerprint density at radius 3 is 2.80 bits per heavy atom. The van der Waals surface area contributed by atoms with Gasteiger partial charge in [0, 0.05) is 0 Å². The van der Waals surface area contributed by atoms with E-state index in [2.05, 4.69) is 9.97 Å². The van der Waals surface area contributed by atoms with E-state index < -0.39 is 11.8 Å². The minimum Gasteiger partial charge on any atom is -0.478 e. The molecule has 0 spiro atoms. The summed E-state index contributed by atoms with van der Waals surface area (Å²) in [5.74, 6) is -1.26. The zero-order valence-corrected chi connectivity index (χ0v) is 10.8. The van der Waals surface area contributed by atoms with Gasteiger partial charge in [0.25, 0.3) is 0 Å². The Morgan fingerprint density at radius 1 is 1.30 bits per heavy atom. The predicted molar refractivity (Wildman–Crippen MR) is 73.5 cm³/mol. The number of carboxylic acids is 1. The van der Waals surface area contributed by atoms with Gasteiger partial charge in [-0.05, 0) is 30.3 Å². The highest BCUT2D eigenvalue weighted by molar-refractivity contribution is 6.33. The van der Waals surface area contributed by atoms with E-state index in [1.54, 1.807) is 12.1 Å². The van der Waals surface area contributed by atoms with Crippen LogP contribution in [0.1, 0.15) is 10.4 Å². The van der Waals surface area contributed by atoms with E-state index in [0.29, 0.717) is 11.0 Å². The summed E-state index contributed by atoms with van der Waals surface area (Å²) in [6.45, 7) is 0. The van der Waals surface area contributed by atoms with Crippen molar-refractivity contribution < 1.29 is 14.3 Å². The van der Waals surface area contributed by atoms with Crippen LogP contribution in [0.25, 0.3) is 22.4 Å². The molecule has 1 aromatic heterocycles. The first-order valence-corrected chi connectivity index (χ1v) is 6.11. The van der Waals surface area contributed by atoms with Gasteiger partial charge in [-0.2, -0.15) is 0 Å². The molecular weight excluding hydrogens is 283 g/mol. The van der Waals surface area contributed by atoms with Crippen molar-refractivity contribution in [3.63, 3.8) is 0 Å². The fourth-order valence-corrected chi connectivity index (χ4v) is 2.24. The lowest BCUT2D eigenvalue weighted by Gasteiger charge is -2.01. The van der Waals surface area contributed by atoms with Crippen molar-refractivity contribution >= 4 is 28.6 Å². The topological polar surface area (TPSA) is 66.0 Å². The maximum absolute atomic E-state index is 13.8. The standard InChI is InChI=1S/C14H8ClFN2O2/c15-8-2-1-3-9(16)12(8)13-17-10-5-4-7(14(19)20)6-11(10)18-13/h1-6H,(H,17,18)(H,19,20). The number of rotatable bonds is 2. The van der Waals surface area contributed by atoms with Crippen LogP contribution in [-0.4, -0.2) is 21.0 Å². The molecule has 0 amide bonds. The van der Waals surface area contributed by atoms with Crippen LogP contribution in [0.5, 0.6) is 0 Å². The number of imidazole rings is 1. The molecule has 0 aliphatic heterocycles. The molecule has 1 heterocycles. The van der Waals surface area contributed by atoms with Gasteiger partial charge in [-0.25, -0.2) is 14.2 Å². The highest BCUT2D eigenvalue weighted by Gasteiger charge is 2.14. The first kappa shape index (κ1) is 12.6. The maximum Gasteiger partial charge on any atom is 0.335 e. The van der Waals surface area contributed by atoms with Crippen LogP contribution < -0.4 is 0 Å². The van der Waals surface area contributed by atoms with Crippen LogP contribution in [0.4, 0.5) is 4.39 Å². The van der Waals surface area contributed by atoms with Gasteiger partial charge < -0.3 is 10.1 Å². The number of nitrogens with one attached hydrogen (secondary N) is 1. The van der Waals surface area contributed by atoms with Crippen LogP contribution in [0, 0.1) is 5.82 Å². The number of halogens is 2. The lowest BCUT2D eigenvalue weighted by molar-refractivity contribution is 0.0697. The Morgan fingerprint density at radius 2 is 2.10 bits per heavy atom. The number of carbonyl (C=O) groups is 1. The molecule has 0 aliphatic carbocycles. The molecule has 0 saturated heterocycles. The normalized spacial score (nSPS) is 10.9. The molecule has 4 nitrogen and oxygen atoms in total. The van der Waals surface area contributed by atoms with E-state index in [4.69, 9.17) is 16.7 Å². The van der Waals surface area contributed by atoms with E-state index in [1.807, 2.05) is 0 Å². The number of benzene rings is 2. The summed E-state index contributed by atoms with van der Waals surface area (Å²) >= 11 is 5.98. The molecule has 3 rings (SSSR count). The van der Waals surface area contributed by atoms with Gasteiger partial charge in [-0.1, -0.05) is 17.7 Å². The summed E-state index contributed by atoms with van der Waals surface area (Å²) in [7, 11) is 0.